The minimum absolute atomic E-state index is 0. The first-order chi connectivity index (χ1) is 13.4. The van der Waals surface area contributed by atoms with Crippen LogP contribution >= 0.6 is 24.0 Å². The van der Waals surface area contributed by atoms with Gasteiger partial charge in [0, 0.05) is 38.6 Å². The van der Waals surface area contributed by atoms with Crippen LogP contribution in [0.3, 0.4) is 0 Å². The number of nitrogens with zero attached hydrogens (tertiary/aromatic N) is 4. The van der Waals surface area contributed by atoms with Gasteiger partial charge in [0.15, 0.2) is 11.8 Å². The molecular weight excluding hydrogens is 479 g/mol. The van der Waals surface area contributed by atoms with Gasteiger partial charge in [-0.05, 0) is 18.9 Å². The molecule has 2 N–H and O–H groups in total. The van der Waals surface area contributed by atoms with Crippen molar-refractivity contribution in [2.75, 3.05) is 20.7 Å². The maximum Gasteiger partial charge on any atom is 0.191 e. The van der Waals surface area contributed by atoms with Crippen LogP contribution in [0.25, 0.3) is 0 Å². The van der Waals surface area contributed by atoms with E-state index in [1.54, 1.807) is 7.11 Å². The van der Waals surface area contributed by atoms with Crippen molar-refractivity contribution in [3.8, 4) is 0 Å². The van der Waals surface area contributed by atoms with Crippen molar-refractivity contribution in [1.29, 1.82) is 0 Å². The van der Waals surface area contributed by atoms with Gasteiger partial charge in [0.05, 0.1) is 6.54 Å². The van der Waals surface area contributed by atoms with Crippen molar-refractivity contribution in [1.82, 2.24) is 25.4 Å². The lowest BCUT2D eigenvalue weighted by Gasteiger charge is -2.29. The van der Waals surface area contributed by atoms with E-state index < -0.39 is 0 Å². The number of hydrogen-bond donors (Lipinski definition) is 2. The van der Waals surface area contributed by atoms with E-state index in [1.807, 2.05) is 11.7 Å². The molecule has 0 amide bonds. The van der Waals surface area contributed by atoms with Crippen molar-refractivity contribution in [3.63, 3.8) is 0 Å². The van der Waals surface area contributed by atoms with E-state index in [1.165, 1.54) is 11.1 Å². The van der Waals surface area contributed by atoms with Crippen LogP contribution in [0.4, 0.5) is 0 Å². The summed E-state index contributed by atoms with van der Waals surface area (Å²) >= 11 is 0. The Hall–Kier alpha value is -1.68. The van der Waals surface area contributed by atoms with Crippen molar-refractivity contribution < 1.29 is 4.74 Å². The Morgan fingerprint density at radius 3 is 2.86 bits per heavy atom. The summed E-state index contributed by atoms with van der Waals surface area (Å²) in [5.74, 6) is 2.61. The number of aliphatic imine (C=N–C) groups is 1. The third-order valence-electron chi connectivity index (χ3n) is 5.24. The highest BCUT2D eigenvalue weighted by Crippen LogP contribution is 2.23. The molecule has 2 aromatic rings. The van der Waals surface area contributed by atoms with E-state index in [-0.39, 0.29) is 35.4 Å². The zero-order chi connectivity index (χ0) is 20.1. The van der Waals surface area contributed by atoms with Gasteiger partial charge in [-0.2, -0.15) is 5.10 Å². The molecule has 3 rings (SSSR count). The molecule has 29 heavy (non-hydrogen) atoms. The first-order valence-corrected chi connectivity index (χ1v) is 9.87. The minimum atomic E-state index is 0. The van der Waals surface area contributed by atoms with Crippen molar-refractivity contribution >= 4 is 29.9 Å². The second-order valence-corrected chi connectivity index (χ2v) is 8.12. The van der Waals surface area contributed by atoms with E-state index in [9.17, 15) is 0 Å². The van der Waals surface area contributed by atoms with Gasteiger partial charge in [-0.1, -0.05) is 43.7 Å². The Balaban J connectivity index is 0.00000300. The van der Waals surface area contributed by atoms with Gasteiger partial charge in [-0.3, -0.25) is 4.99 Å². The van der Waals surface area contributed by atoms with Gasteiger partial charge in [0.25, 0.3) is 0 Å². The van der Waals surface area contributed by atoms with Crippen LogP contribution in [0.2, 0.25) is 0 Å². The van der Waals surface area contributed by atoms with Crippen LogP contribution < -0.4 is 10.6 Å². The average Bonchev–Trinajstić information content (AvgIpc) is 3.07. The average molecular weight is 512 g/mol. The quantitative estimate of drug-likeness (QED) is 0.354. The fraction of sp³-hybridized carbons (Fsp3) is 0.571. The molecule has 0 saturated heterocycles. The summed E-state index contributed by atoms with van der Waals surface area (Å²) in [4.78, 5) is 8.95. The SMILES string of the molecule is CN=C(NCC(C)(C)c1cccc(C)c1)NC1CCc2nc(COC)nn2C1.I. The molecule has 1 aliphatic rings. The zero-order valence-electron chi connectivity index (χ0n) is 18.0. The molecule has 8 heteroatoms. The summed E-state index contributed by atoms with van der Waals surface area (Å²) in [6.07, 6.45) is 1.91. The highest BCUT2D eigenvalue weighted by Gasteiger charge is 2.24. The molecule has 7 nitrogen and oxygen atoms in total. The fourth-order valence-corrected chi connectivity index (χ4v) is 3.53. The number of fused-ring (bicyclic) bond motifs is 1. The largest absolute Gasteiger partial charge is 0.377 e. The third-order valence-corrected chi connectivity index (χ3v) is 5.24. The monoisotopic (exact) mass is 512 g/mol. The Bertz CT molecular complexity index is 832. The molecule has 1 aromatic heterocycles. The molecule has 2 heterocycles. The topological polar surface area (TPSA) is 76.4 Å². The molecule has 1 aliphatic heterocycles. The van der Waals surface area contributed by atoms with Gasteiger partial charge >= 0.3 is 0 Å². The molecule has 0 aliphatic carbocycles. The number of nitrogens with one attached hydrogen (secondary N) is 2. The van der Waals surface area contributed by atoms with Gasteiger partial charge in [-0.25, -0.2) is 9.67 Å². The molecule has 0 fully saturated rings. The number of hydrogen-bond acceptors (Lipinski definition) is 4. The first-order valence-electron chi connectivity index (χ1n) is 9.87. The first kappa shape index (κ1) is 23.6. The molecule has 1 aromatic carbocycles. The van der Waals surface area contributed by atoms with Crippen LogP contribution in [0, 0.1) is 6.92 Å². The number of ether oxygens (including phenoxy) is 1. The second kappa shape index (κ2) is 10.4. The van der Waals surface area contributed by atoms with Gasteiger partial charge in [0.1, 0.15) is 12.4 Å². The molecule has 1 unspecified atom stereocenters. The Morgan fingerprint density at radius 1 is 1.38 bits per heavy atom. The lowest BCUT2D eigenvalue weighted by atomic mass is 9.84. The third kappa shape index (κ3) is 6.15. The number of rotatable bonds is 6. The Labute approximate surface area is 190 Å². The standard InChI is InChI=1S/C21H32N6O.HI/c1-15-7-6-8-16(11-15)21(2,3)14-23-20(22-4)24-17-9-10-19-25-18(13-28-5)26-27(19)12-17;/h6-8,11,17H,9-10,12-14H2,1-5H3,(H2,22,23,24);1H. The van der Waals surface area contributed by atoms with Crippen LogP contribution in [0.15, 0.2) is 29.3 Å². The lowest BCUT2D eigenvalue weighted by Crippen LogP contribution is -2.49. The van der Waals surface area contributed by atoms with E-state index in [0.29, 0.717) is 6.61 Å². The summed E-state index contributed by atoms with van der Waals surface area (Å²) in [6.45, 7) is 8.68. The van der Waals surface area contributed by atoms with Crippen LogP contribution in [-0.4, -0.2) is 47.5 Å². The number of benzene rings is 1. The molecule has 0 bridgehead atoms. The predicted octanol–water partition coefficient (Wildman–Crippen LogP) is 2.81. The van der Waals surface area contributed by atoms with Crippen LogP contribution in [0.1, 0.15) is 43.0 Å². The highest BCUT2D eigenvalue weighted by molar-refractivity contribution is 14.0. The molecule has 0 spiro atoms. The summed E-state index contributed by atoms with van der Waals surface area (Å²) in [6, 6.07) is 8.97. The fourth-order valence-electron chi connectivity index (χ4n) is 3.53. The number of aromatic nitrogens is 3. The number of aryl methyl sites for hydroxylation is 2. The zero-order valence-corrected chi connectivity index (χ0v) is 20.4. The smallest absolute Gasteiger partial charge is 0.191 e. The van der Waals surface area contributed by atoms with Crippen LogP contribution in [-0.2, 0) is 29.7 Å². The maximum absolute atomic E-state index is 5.14. The summed E-state index contributed by atoms with van der Waals surface area (Å²) in [5.41, 5.74) is 2.61. The second-order valence-electron chi connectivity index (χ2n) is 8.12. The molecule has 1 atom stereocenters. The Morgan fingerprint density at radius 2 is 2.17 bits per heavy atom. The highest BCUT2D eigenvalue weighted by atomic mass is 127. The van der Waals surface area contributed by atoms with E-state index >= 15 is 0 Å². The Kier molecular flexibility index (Phi) is 8.45. The van der Waals surface area contributed by atoms with Crippen molar-refractivity contribution in [3.05, 3.63) is 47.0 Å². The number of guanidine groups is 1. The number of methoxy groups -OCH3 is 1. The van der Waals surface area contributed by atoms with Gasteiger partial charge in [-0.15, -0.1) is 24.0 Å². The van der Waals surface area contributed by atoms with Crippen molar-refractivity contribution in [2.24, 2.45) is 4.99 Å². The predicted molar refractivity (Wildman–Crippen MR) is 127 cm³/mol. The minimum Gasteiger partial charge on any atom is -0.377 e. The molecule has 0 radical (unpaired) electrons. The van der Waals surface area contributed by atoms with Crippen molar-refractivity contribution in [2.45, 2.75) is 58.2 Å². The molecule has 0 saturated carbocycles. The van der Waals surface area contributed by atoms with Gasteiger partial charge < -0.3 is 15.4 Å². The lowest BCUT2D eigenvalue weighted by molar-refractivity contribution is 0.177. The van der Waals surface area contributed by atoms with E-state index in [4.69, 9.17) is 4.74 Å². The summed E-state index contributed by atoms with van der Waals surface area (Å²) < 4.78 is 7.12. The maximum atomic E-state index is 5.14. The van der Waals surface area contributed by atoms with E-state index in [2.05, 4.69) is 70.7 Å². The van der Waals surface area contributed by atoms with Crippen LogP contribution in [0.5, 0.6) is 0 Å². The normalized spacial score (nSPS) is 16.7. The van der Waals surface area contributed by atoms with Gasteiger partial charge in [0.2, 0.25) is 0 Å². The molecular formula is C21H33IN6O. The summed E-state index contributed by atoms with van der Waals surface area (Å²) in [5, 5.41) is 11.6. The van der Waals surface area contributed by atoms with E-state index in [0.717, 1.165) is 43.5 Å². The summed E-state index contributed by atoms with van der Waals surface area (Å²) in [7, 11) is 3.48. The molecule has 160 valence electrons. The number of halogens is 1.